The van der Waals surface area contributed by atoms with Crippen molar-refractivity contribution in [3.63, 3.8) is 0 Å². The SMILES string of the molecule is N[C@@H]1CCC[C@]1(C[C@@H]1c2cc(O)c(O[C@]3(O)O[C@H](CO)[C@@H](O)[C@H](O)[C@H]3O)cc2N(C(=O)/C=C/c2ccc(O)c(C[C+]3[N-][CH+]N=C3CC[N-]c3ccc[nH]3)c2)[C@H]1C(=O)O)c1ccccc1. The van der Waals surface area contributed by atoms with Crippen LogP contribution in [0, 0.1) is 12.7 Å². The van der Waals surface area contributed by atoms with E-state index < -0.39 is 77.7 Å². The van der Waals surface area contributed by atoms with Crippen LogP contribution in [0.1, 0.15) is 60.3 Å². The molecule has 0 bridgehead atoms. The third kappa shape index (κ3) is 8.49. The molecule has 18 heteroatoms. The van der Waals surface area contributed by atoms with Crippen molar-refractivity contribution in [3.8, 4) is 17.2 Å². The summed E-state index contributed by atoms with van der Waals surface area (Å²) in [5.41, 5.74) is 8.99. The highest BCUT2D eigenvalue weighted by molar-refractivity contribution is 6.10. The maximum absolute atomic E-state index is 14.6. The van der Waals surface area contributed by atoms with E-state index in [0.717, 1.165) is 28.8 Å². The van der Waals surface area contributed by atoms with Crippen LogP contribution in [0.25, 0.3) is 16.7 Å². The van der Waals surface area contributed by atoms with Gasteiger partial charge in [0.2, 0.25) is 0 Å². The first-order chi connectivity index (χ1) is 30.7. The zero-order valence-electron chi connectivity index (χ0n) is 34.5. The van der Waals surface area contributed by atoms with Gasteiger partial charge in [-0.1, -0.05) is 72.0 Å². The van der Waals surface area contributed by atoms with Gasteiger partial charge in [0.25, 0.3) is 5.91 Å². The number of H-pyrrole nitrogens is 1. The number of carboxylic acids is 1. The molecule has 4 aliphatic rings. The number of nitrogens with one attached hydrogen (secondary N) is 1. The fourth-order valence-corrected chi connectivity index (χ4v) is 9.43. The molecular formula is C46H50N6O12. The third-order valence-corrected chi connectivity index (χ3v) is 12.7. The van der Waals surface area contributed by atoms with Crippen LogP contribution >= 0.6 is 0 Å². The van der Waals surface area contributed by atoms with Gasteiger partial charge < -0.3 is 66.4 Å². The number of rotatable bonds is 15. The van der Waals surface area contributed by atoms with Gasteiger partial charge in [0.05, 0.1) is 25.4 Å². The number of anilines is 1. The number of aliphatic carboxylic acids is 1. The van der Waals surface area contributed by atoms with Crippen LogP contribution in [0.4, 0.5) is 11.5 Å². The lowest BCUT2D eigenvalue weighted by atomic mass is 9.68. The highest BCUT2D eigenvalue weighted by atomic mass is 16.8. The second-order valence-corrected chi connectivity index (χ2v) is 16.6. The lowest BCUT2D eigenvalue weighted by Gasteiger charge is -2.44. The summed E-state index contributed by atoms with van der Waals surface area (Å²) >= 11 is 0. The number of phenols is 2. The van der Waals surface area contributed by atoms with Gasteiger partial charge in [0.15, 0.2) is 23.6 Å². The molecule has 3 aromatic carbocycles. The molecule has 18 nitrogen and oxygen atoms in total. The first-order valence-corrected chi connectivity index (χ1v) is 21.0. The summed E-state index contributed by atoms with van der Waals surface area (Å²) in [6, 6.07) is 19.0. The monoisotopic (exact) mass is 878 g/mol. The molecule has 1 saturated heterocycles. The number of aliphatic hydroxyl groups is 5. The number of nitrogens with two attached hydrogens (primary N) is 1. The van der Waals surface area contributed by atoms with Crippen LogP contribution < -0.4 is 15.4 Å². The van der Waals surface area contributed by atoms with Crippen molar-refractivity contribution in [2.75, 3.05) is 18.1 Å². The Morgan fingerprint density at radius 2 is 1.88 bits per heavy atom. The number of nitrogens with zero attached hydrogens (tertiary/aromatic N) is 4. The zero-order valence-corrected chi connectivity index (χ0v) is 34.5. The zero-order chi connectivity index (χ0) is 45.3. The number of carbonyl (C=O) groups is 2. The second-order valence-electron chi connectivity index (χ2n) is 16.6. The number of hydrogen-bond donors (Lipinski definition) is 10. The van der Waals surface area contributed by atoms with Crippen molar-refractivity contribution >= 4 is 35.2 Å². The number of ether oxygens (including phenoxy) is 2. The number of amides is 1. The molecule has 11 N–H and O–H groups in total. The Hall–Kier alpha value is -6.09. The van der Waals surface area contributed by atoms with Gasteiger partial charge >= 0.3 is 17.7 Å². The van der Waals surface area contributed by atoms with Gasteiger partial charge in [-0.3, -0.25) is 15.0 Å². The molecule has 4 aromatic rings. The predicted molar refractivity (Wildman–Crippen MR) is 232 cm³/mol. The molecule has 0 spiro atoms. The highest BCUT2D eigenvalue weighted by Gasteiger charge is 2.56. The fraction of sp³-hybridized carbons (Fsp3) is 0.370. The summed E-state index contributed by atoms with van der Waals surface area (Å²) in [6.07, 6.45) is -0.415. The Balaban J connectivity index is 1.11. The van der Waals surface area contributed by atoms with Crippen LogP contribution in [0.3, 0.4) is 0 Å². The molecule has 9 atom stereocenters. The Kier molecular flexibility index (Phi) is 12.6. The Bertz CT molecular complexity index is 2380. The number of carbonyl (C=O) groups excluding carboxylic acids is 1. The molecule has 8 rings (SSSR count). The molecule has 336 valence electrons. The first-order valence-electron chi connectivity index (χ1n) is 21.0. The van der Waals surface area contributed by atoms with Crippen molar-refractivity contribution in [1.29, 1.82) is 0 Å². The van der Waals surface area contributed by atoms with Crippen LogP contribution in [0.15, 0.2) is 90.1 Å². The minimum atomic E-state index is -3.13. The van der Waals surface area contributed by atoms with E-state index in [4.69, 9.17) is 15.2 Å². The minimum absolute atomic E-state index is 0.0124. The number of aliphatic hydroxyl groups excluding tert-OH is 4. The van der Waals surface area contributed by atoms with Gasteiger partial charge in [-0.2, -0.15) is 0 Å². The molecule has 4 heterocycles. The summed E-state index contributed by atoms with van der Waals surface area (Å²) in [7, 11) is 0. The quantitative estimate of drug-likeness (QED) is 0.0466. The Morgan fingerprint density at radius 3 is 2.58 bits per heavy atom. The van der Waals surface area contributed by atoms with Crippen molar-refractivity contribution in [2.24, 2.45) is 10.7 Å². The van der Waals surface area contributed by atoms with Gasteiger partial charge in [-0.25, -0.2) is 4.79 Å². The summed E-state index contributed by atoms with van der Waals surface area (Å²) < 4.78 is 10.9. The molecule has 64 heavy (non-hydrogen) atoms. The normalized spacial score (nSPS) is 28.8. The van der Waals surface area contributed by atoms with Gasteiger partial charge in [-0.15, -0.1) is 0 Å². The third-order valence-electron chi connectivity index (χ3n) is 12.7. The maximum atomic E-state index is 14.6. The van der Waals surface area contributed by atoms with Crippen LogP contribution in [0.2, 0.25) is 0 Å². The topological polar surface area (TPSA) is 300 Å². The fourth-order valence-electron chi connectivity index (χ4n) is 9.43. The lowest BCUT2D eigenvalue weighted by Crippen LogP contribution is -2.67. The minimum Gasteiger partial charge on any atom is -0.508 e. The number of aromatic nitrogens is 1. The van der Waals surface area contributed by atoms with Gasteiger partial charge in [0, 0.05) is 35.1 Å². The number of aromatic amines is 1. The molecule has 2 fully saturated rings. The van der Waals surface area contributed by atoms with E-state index in [9.17, 15) is 50.4 Å². The van der Waals surface area contributed by atoms with Crippen LogP contribution in [-0.4, -0.2) is 119 Å². The number of benzene rings is 3. The first kappa shape index (κ1) is 44.5. The van der Waals surface area contributed by atoms with E-state index >= 15 is 0 Å². The van der Waals surface area contributed by atoms with E-state index in [2.05, 4.69) is 20.6 Å². The summed E-state index contributed by atoms with van der Waals surface area (Å²) in [5.74, 6) is -6.71. The Labute approximate surface area is 368 Å². The van der Waals surface area contributed by atoms with Crippen molar-refractivity contribution in [2.45, 2.75) is 92.3 Å². The molecule has 0 unspecified atom stereocenters. The predicted octanol–water partition coefficient (Wildman–Crippen LogP) is 3.48. The molecule has 1 saturated carbocycles. The summed E-state index contributed by atoms with van der Waals surface area (Å²) in [6.45, 7) is 1.01. The molecular weight excluding hydrogens is 829 g/mol. The van der Waals surface area contributed by atoms with E-state index in [1.807, 2.05) is 42.5 Å². The molecule has 1 aromatic heterocycles. The van der Waals surface area contributed by atoms with E-state index in [-0.39, 0.29) is 35.9 Å². The molecule has 3 aliphatic heterocycles. The smallest absolute Gasteiger partial charge is 0.355 e. The number of hydrogen-bond acceptors (Lipinski definition) is 13. The number of carboxylic acid groups (broad SMARTS) is 1. The summed E-state index contributed by atoms with van der Waals surface area (Å²) in [5, 5.41) is 94.7. The average Bonchev–Trinajstić information content (AvgIpc) is 4.10. The van der Waals surface area contributed by atoms with Gasteiger partial charge in [-0.05, 0) is 66.8 Å². The van der Waals surface area contributed by atoms with Crippen LogP contribution in [-0.2, 0) is 26.2 Å². The maximum Gasteiger partial charge on any atom is 0.355 e. The van der Waals surface area contributed by atoms with E-state index in [1.54, 1.807) is 18.3 Å². The Morgan fingerprint density at radius 1 is 1.08 bits per heavy atom. The second kappa shape index (κ2) is 18.2. The van der Waals surface area contributed by atoms with Crippen LogP contribution in [0.5, 0.6) is 17.2 Å². The number of aliphatic imine (C=N–C) groups is 1. The molecule has 1 amide bonds. The van der Waals surface area contributed by atoms with Gasteiger partial charge in [0.1, 0.15) is 36.5 Å². The van der Waals surface area contributed by atoms with Crippen molar-refractivity contribution in [3.05, 3.63) is 131 Å². The lowest BCUT2D eigenvalue weighted by molar-refractivity contribution is -0.422. The molecule has 1 aliphatic carbocycles. The summed E-state index contributed by atoms with van der Waals surface area (Å²) in [4.78, 5) is 36.5. The van der Waals surface area contributed by atoms with Crippen molar-refractivity contribution in [1.82, 2.24) is 4.98 Å². The number of fused-ring (bicyclic) bond motifs is 1. The number of phenolic OH excluding ortho intramolecular Hbond substituents is 2. The van der Waals surface area contributed by atoms with E-state index in [1.165, 1.54) is 31.0 Å². The average molecular weight is 879 g/mol. The highest BCUT2D eigenvalue weighted by Crippen LogP contribution is 2.54. The standard InChI is InChI=1S/C46H50N6O12/c47-37-8-4-15-45(37,27-6-2-1-3-7-27)22-29-28-20-34(55)35(63-46(62)43(59)42(58)41(57)36(23-53)64-46)21-32(28)52(40(29)44(60)61)39(56)13-11-25-10-12-33(54)26(18-25)19-31-30(50-24-51-31)14-17-49-38-9-5-16-48-38/h1-3,5-7,9-13,16,18,20-21,24,29,36-37,40-43,48,53,55,57-59,62H,4,8,14-15,17,19,22-23,47H2,(H,54,56)(H,60,61)/t29-,36-,37-,40-,41-,42+,43-,45+,46+/m1/s1. The molecule has 0 radical (unpaired) electrons. The number of aromatic hydroxyl groups is 2. The van der Waals surface area contributed by atoms with Crippen molar-refractivity contribution < 1.29 is 59.9 Å². The largest absolute Gasteiger partial charge is 0.508 e. The van der Waals surface area contributed by atoms with E-state index in [0.29, 0.717) is 48.7 Å².